The third-order valence-electron chi connectivity index (χ3n) is 2.24. The molecule has 0 unspecified atom stereocenters. The molecule has 0 fully saturated rings. The van der Waals surface area contributed by atoms with Crippen LogP contribution in [-0.2, 0) is 13.7 Å². The maximum absolute atomic E-state index is 5.67. The quantitative estimate of drug-likeness (QED) is 0.805. The van der Waals surface area contributed by atoms with Gasteiger partial charge in [-0.1, -0.05) is 29.2 Å². The fraction of sp³-hybridized carbons (Fsp3) is 0.231. The van der Waals surface area contributed by atoms with E-state index in [1.54, 1.807) is 4.68 Å². The summed E-state index contributed by atoms with van der Waals surface area (Å²) >= 11 is 0. The Morgan fingerprint density at radius 3 is 2.94 bits per heavy atom. The summed E-state index contributed by atoms with van der Waals surface area (Å²) in [6.45, 7) is 0.702. The van der Waals surface area contributed by atoms with Crippen molar-refractivity contribution in [3.8, 4) is 17.6 Å². The molecule has 0 spiro atoms. The minimum absolute atomic E-state index is 0.332. The zero-order valence-electron chi connectivity index (χ0n) is 10.1. The van der Waals surface area contributed by atoms with Crippen molar-refractivity contribution < 1.29 is 4.74 Å². The van der Waals surface area contributed by atoms with Gasteiger partial charge >= 0.3 is 0 Å². The van der Waals surface area contributed by atoms with Crippen molar-refractivity contribution in [2.45, 2.75) is 6.61 Å². The van der Waals surface area contributed by atoms with Gasteiger partial charge in [0, 0.05) is 7.05 Å². The van der Waals surface area contributed by atoms with E-state index in [1.165, 1.54) is 0 Å². The number of para-hydroxylation sites is 1. The van der Waals surface area contributed by atoms with Crippen LogP contribution in [0.4, 0.5) is 0 Å². The average molecular weight is 242 g/mol. The summed E-state index contributed by atoms with van der Waals surface area (Å²) in [6.07, 6.45) is 1.81. The molecule has 92 valence electrons. The van der Waals surface area contributed by atoms with E-state index in [4.69, 9.17) is 10.5 Å². The highest BCUT2D eigenvalue weighted by atomic mass is 16.5. The number of benzene rings is 1. The summed E-state index contributed by atoms with van der Waals surface area (Å²) in [5.74, 6) is 6.51. The van der Waals surface area contributed by atoms with Gasteiger partial charge in [0.25, 0.3) is 0 Å². The molecule has 0 radical (unpaired) electrons. The Kier molecular flexibility index (Phi) is 3.94. The second-order valence-corrected chi connectivity index (χ2v) is 3.67. The third kappa shape index (κ3) is 3.09. The number of ether oxygens (including phenoxy) is 1. The molecule has 2 N–H and O–H groups in total. The van der Waals surface area contributed by atoms with Crippen LogP contribution >= 0.6 is 0 Å². The molecule has 0 saturated heterocycles. The topological polar surface area (TPSA) is 66.0 Å². The molecule has 0 atom stereocenters. The summed E-state index contributed by atoms with van der Waals surface area (Å²) in [5, 5.41) is 7.80. The highest BCUT2D eigenvalue weighted by molar-refractivity contribution is 5.45. The van der Waals surface area contributed by atoms with E-state index in [9.17, 15) is 0 Å². The second-order valence-electron chi connectivity index (χ2n) is 3.67. The number of aromatic nitrogens is 3. The minimum Gasteiger partial charge on any atom is -0.486 e. The zero-order chi connectivity index (χ0) is 12.8. The predicted octanol–water partition coefficient (Wildman–Crippen LogP) is 0.704. The van der Waals surface area contributed by atoms with Crippen LogP contribution in [0, 0.1) is 11.8 Å². The molecule has 0 aliphatic carbocycles. The molecule has 1 aromatic heterocycles. The van der Waals surface area contributed by atoms with Gasteiger partial charge in [0.1, 0.15) is 18.1 Å². The molecule has 0 aliphatic rings. The molecule has 5 nitrogen and oxygen atoms in total. The molecule has 0 amide bonds. The van der Waals surface area contributed by atoms with E-state index >= 15 is 0 Å². The first kappa shape index (κ1) is 12.1. The fourth-order valence-corrected chi connectivity index (χ4v) is 1.46. The van der Waals surface area contributed by atoms with E-state index in [0.717, 1.165) is 17.0 Å². The van der Waals surface area contributed by atoms with Crippen molar-refractivity contribution in [3.63, 3.8) is 0 Å². The molecule has 2 rings (SSSR count). The summed E-state index contributed by atoms with van der Waals surface area (Å²) in [4.78, 5) is 0. The maximum Gasteiger partial charge on any atom is 0.135 e. The van der Waals surface area contributed by atoms with Gasteiger partial charge < -0.3 is 10.5 Å². The third-order valence-corrected chi connectivity index (χ3v) is 2.24. The Morgan fingerprint density at radius 2 is 2.22 bits per heavy atom. The number of rotatable bonds is 3. The fourth-order valence-electron chi connectivity index (χ4n) is 1.46. The van der Waals surface area contributed by atoms with Gasteiger partial charge in [0.2, 0.25) is 0 Å². The normalized spacial score (nSPS) is 9.67. The molecular formula is C13H14N4O. The first-order chi connectivity index (χ1) is 8.79. The highest BCUT2D eigenvalue weighted by Crippen LogP contribution is 2.17. The van der Waals surface area contributed by atoms with E-state index in [-0.39, 0.29) is 0 Å². The Morgan fingerprint density at radius 1 is 1.39 bits per heavy atom. The molecule has 2 aromatic rings. The van der Waals surface area contributed by atoms with Crippen molar-refractivity contribution >= 4 is 0 Å². The smallest absolute Gasteiger partial charge is 0.135 e. The lowest BCUT2D eigenvalue weighted by molar-refractivity contribution is 0.300. The Bertz CT molecular complexity index is 580. The van der Waals surface area contributed by atoms with E-state index in [0.29, 0.717) is 13.2 Å². The van der Waals surface area contributed by atoms with E-state index in [1.807, 2.05) is 37.5 Å². The number of nitrogens with two attached hydrogens (primary N) is 1. The Labute approximate surface area is 106 Å². The van der Waals surface area contributed by atoms with Crippen molar-refractivity contribution in [3.05, 3.63) is 41.7 Å². The van der Waals surface area contributed by atoms with Crippen LogP contribution in [-0.4, -0.2) is 21.5 Å². The van der Waals surface area contributed by atoms with Crippen molar-refractivity contribution in [2.24, 2.45) is 12.8 Å². The van der Waals surface area contributed by atoms with Crippen LogP contribution in [0.3, 0.4) is 0 Å². The van der Waals surface area contributed by atoms with Gasteiger partial charge in [0.15, 0.2) is 0 Å². The zero-order valence-corrected chi connectivity index (χ0v) is 10.1. The SMILES string of the molecule is Cn1cc(COc2ccccc2C#CCN)nn1. The maximum atomic E-state index is 5.67. The monoisotopic (exact) mass is 242 g/mol. The summed E-state index contributed by atoms with van der Waals surface area (Å²) < 4.78 is 7.31. The molecular weight excluding hydrogens is 228 g/mol. The summed E-state index contributed by atoms with van der Waals surface area (Å²) in [5.41, 5.74) is 6.96. The molecule has 1 aromatic carbocycles. The Balaban J connectivity index is 2.09. The highest BCUT2D eigenvalue weighted by Gasteiger charge is 2.03. The lowest BCUT2D eigenvalue weighted by atomic mass is 10.2. The average Bonchev–Trinajstić information content (AvgIpc) is 2.81. The van der Waals surface area contributed by atoms with E-state index in [2.05, 4.69) is 22.2 Å². The van der Waals surface area contributed by atoms with Crippen LogP contribution in [0.25, 0.3) is 0 Å². The first-order valence-electron chi connectivity index (χ1n) is 5.55. The molecule has 18 heavy (non-hydrogen) atoms. The van der Waals surface area contributed by atoms with Gasteiger partial charge in [-0.15, -0.1) is 5.10 Å². The van der Waals surface area contributed by atoms with Crippen LogP contribution in [0.2, 0.25) is 0 Å². The summed E-state index contributed by atoms with van der Waals surface area (Å²) in [7, 11) is 1.82. The lowest BCUT2D eigenvalue weighted by Crippen LogP contribution is -1.98. The second kappa shape index (κ2) is 5.84. The van der Waals surface area contributed by atoms with Crippen LogP contribution in [0.5, 0.6) is 5.75 Å². The van der Waals surface area contributed by atoms with Crippen LogP contribution in [0.1, 0.15) is 11.3 Å². The van der Waals surface area contributed by atoms with E-state index < -0.39 is 0 Å². The molecule has 0 saturated carbocycles. The van der Waals surface area contributed by atoms with Crippen molar-refractivity contribution in [1.29, 1.82) is 0 Å². The largest absolute Gasteiger partial charge is 0.486 e. The lowest BCUT2D eigenvalue weighted by Gasteiger charge is -2.05. The number of hydrogen-bond donors (Lipinski definition) is 1. The van der Waals surface area contributed by atoms with Gasteiger partial charge in [-0.3, -0.25) is 4.68 Å². The van der Waals surface area contributed by atoms with Crippen molar-refractivity contribution in [1.82, 2.24) is 15.0 Å². The molecule has 5 heteroatoms. The van der Waals surface area contributed by atoms with Gasteiger partial charge in [0.05, 0.1) is 18.3 Å². The molecule has 0 aliphatic heterocycles. The molecule has 1 heterocycles. The summed E-state index contributed by atoms with van der Waals surface area (Å²) in [6, 6.07) is 7.58. The van der Waals surface area contributed by atoms with Crippen molar-refractivity contribution in [2.75, 3.05) is 6.54 Å². The molecule has 0 bridgehead atoms. The van der Waals surface area contributed by atoms with Crippen LogP contribution in [0.15, 0.2) is 30.5 Å². The number of hydrogen-bond acceptors (Lipinski definition) is 4. The Hall–Kier alpha value is -2.32. The minimum atomic E-state index is 0.332. The first-order valence-corrected chi connectivity index (χ1v) is 5.55. The standard InChI is InChI=1S/C13H14N4O/c1-17-9-12(15-16-17)10-18-13-7-3-2-5-11(13)6-4-8-14/h2-3,5,7,9H,8,10,14H2,1H3. The van der Waals surface area contributed by atoms with Crippen LogP contribution < -0.4 is 10.5 Å². The van der Waals surface area contributed by atoms with Gasteiger partial charge in [-0.05, 0) is 12.1 Å². The predicted molar refractivity (Wildman–Crippen MR) is 67.7 cm³/mol. The van der Waals surface area contributed by atoms with Gasteiger partial charge in [-0.2, -0.15) is 0 Å². The number of nitrogens with zero attached hydrogens (tertiary/aromatic N) is 3. The number of aryl methyl sites for hydroxylation is 1. The van der Waals surface area contributed by atoms with Gasteiger partial charge in [-0.25, -0.2) is 0 Å².